The lowest BCUT2D eigenvalue weighted by atomic mass is 10.1. The Morgan fingerprint density at radius 3 is 2.63 bits per heavy atom. The van der Waals surface area contributed by atoms with E-state index in [9.17, 15) is 27.2 Å². The summed E-state index contributed by atoms with van der Waals surface area (Å²) in [6.07, 6.45) is -4.11. The highest BCUT2D eigenvalue weighted by Crippen LogP contribution is 2.26. The molecule has 9 heteroatoms. The van der Waals surface area contributed by atoms with Gasteiger partial charge in [-0.3, -0.25) is 4.79 Å². The highest BCUT2D eigenvalue weighted by Gasteiger charge is 2.53. The minimum atomic E-state index is -4.80. The van der Waals surface area contributed by atoms with Crippen LogP contribution < -0.4 is 5.32 Å². The zero-order valence-electron chi connectivity index (χ0n) is 10.2. The van der Waals surface area contributed by atoms with Gasteiger partial charge in [0.2, 0.25) is 0 Å². The molecule has 19 heavy (non-hydrogen) atoms. The number of halogens is 4. The number of esters is 1. The van der Waals surface area contributed by atoms with Crippen LogP contribution in [0.4, 0.5) is 17.6 Å². The van der Waals surface area contributed by atoms with E-state index in [1.807, 2.05) is 0 Å². The van der Waals surface area contributed by atoms with E-state index >= 15 is 0 Å². The number of amides is 1. The van der Waals surface area contributed by atoms with Gasteiger partial charge in [-0.05, 0) is 6.92 Å². The lowest BCUT2D eigenvalue weighted by Crippen LogP contribution is -2.61. The first-order valence-electron chi connectivity index (χ1n) is 5.66. The largest absolute Gasteiger partial charge is 0.464 e. The van der Waals surface area contributed by atoms with Crippen LogP contribution in [0.25, 0.3) is 0 Å². The van der Waals surface area contributed by atoms with Gasteiger partial charge in [-0.15, -0.1) is 0 Å². The normalized spacial score (nSPS) is 20.5. The Kier molecular flexibility index (Phi) is 5.10. The summed E-state index contributed by atoms with van der Waals surface area (Å²) in [5.41, 5.74) is 0. The van der Waals surface area contributed by atoms with Crippen LogP contribution in [0.3, 0.4) is 0 Å². The molecular weight excluding hydrogens is 272 g/mol. The second kappa shape index (κ2) is 6.18. The smallest absolute Gasteiger partial charge is 0.383 e. The molecule has 1 rings (SSSR count). The number of rotatable bonds is 4. The lowest BCUT2D eigenvalue weighted by molar-refractivity contribution is -0.186. The summed E-state index contributed by atoms with van der Waals surface area (Å²) in [5.74, 6) is -7.75. The van der Waals surface area contributed by atoms with Crippen molar-refractivity contribution in [1.29, 1.82) is 0 Å². The van der Waals surface area contributed by atoms with Gasteiger partial charge in [0.1, 0.15) is 6.04 Å². The molecule has 0 aromatic rings. The summed E-state index contributed by atoms with van der Waals surface area (Å²) in [6.45, 7) is 1.28. The number of ether oxygens (including phenoxy) is 1. The highest BCUT2D eigenvalue weighted by molar-refractivity contribution is 5.89. The van der Waals surface area contributed by atoms with Gasteiger partial charge in [0.05, 0.1) is 6.61 Å². The molecule has 0 aliphatic carbocycles. The fourth-order valence-corrected chi connectivity index (χ4v) is 1.68. The van der Waals surface area contributed by atoms with Crippen molar-refractivity contribution in [3.05, 3.63) is 0 Å². The lowest BCUT2D eigenvalue weighted by Gasteiger charge is -2.36. The Bertz CT molecular complexity index is 352. The Hall–Kier alpha value is -1.38. The first-order chi connectivity index (χ1) is 8.82. The predicted molar refractivity (Wildman–Crippen MR) is 56.0 cm³/mol. The van der Waals surface area contributed by atoms with E-state index in [0.29, 0.717) is 4.90 Å². The Morgan fingerprint density at radius 1 is 1.47 bits per heavy atom. The standard InChI is InChI=1S/C10H14F4N2O3/c1-2-19-7(17)6-5-15-3-4-16(6)9(18)10(13,14)8(11)12/h6,8,15H,2-5H2,1H3. The molecule has 1 aliphatic heterocycles. The molecule has 110 valence electrons. The minimum absolute atomic E-state index is 0.00258. The van der Waals surface area contributed by atoms with Crippen molar-refractivity contribution in [3.63, 3.8) is 0 Å². The van der Waals surface area contributed by atoms with Crippen molar-refractivity contribution in [1.82, 2.24) is 10.2 Å². The van der Waals surface area contributed by atoms with Crippen molar-refractivity contribution in [2.45, 2.75) is 25.3 Å². The van der Waals surface area contributed by atoms with Gasteiger partial charge >= 0.3 is 18.3 Å². The molecule has 1 fully saturated rings. The fourth-order valence-electron chi connectivity index (χ4n) is 1.68. The third-order valence-electron chi connectivity index (χ3n) is 2.62. The van der Waals surface area contributed by atoms with Gasteiger partial charge in [-0.25, -0.2) is 13.6 Å². The monoisotopic (exact) mass is 286 g/mol. The molecule has 1 aliphatic rings. The van der Waals surface area contributed by atoms with Crippen molar-refractivity contribution in [3.8, 4) is 0 Å². The number of carbonyl (C=O) groups excluding carboxylic acids is 2. The number of alkyl halides is 4. The van der Waals surface area contributed by atoms with Crippen molar-refractivity contribution in [2.24, 2.45) is 0 Å². The molecule has 0 aromatic heterocycles. The van der Waals surface area contributed by atoms with E-state index in [1.165, 1.54) is 6.92 Å². The van der Waals surface area contributed by atoms with Gasteiger partial charge in [-0.2, -0.15) is 8.78 Å². The number of hydrogen-bond acceptors (Lipinski definition) is 4. The van der Waals surface area contributed by atoms with Crippen LogP contribution in [0.2, 0.25) is 0 Å². The van der Waals surface area contributed by atoms with Crippen LogP contribution in [-0.4, -0.2) is 61.4 Å². The summed E-state index contributed by atoms with van der Waals surface area (Å²) in [4.78, 5) is 23.4. The van der Waals surface area contributed by atoms with Gasteiger partial charge < -0.3 is 15.0 Å². The summed E-state index contributed by atoms with van der Waals surface area (Å²) < 4.78 is 55.0. The Labute approximate surface area is 106 Å². The first kappa shape index (κ1) is 15.7. The van der Waals surface area contributed by atoms with Crippen LogP contribution >= 0.6 is 0 Å². The van der Waals surface area contributed by atoms with Crippen LogP contribution in [0.15, 0.2) is 0 Å². The van der Waals surface area contributed by atoms with Crippen LogP contribution in [0.1, 0.15) is 6.92 Å². The average Bonchev–Trinajstić information content (AvgIpc) is 2.37. The molecule has 1 atom stereocenters. The summed E-state index contributed by atoms with van der Waals surface area (Å²) in [5, 5.41) is 2.71. The van der Waals surface area contributed by atoms with E-state index < -0.39 is 30.3 Å². The molecule has 1 amide bonds. The number of hydrogen-bond donors (Lipinski definition) is 1. The zero-order valence-corrected chi connectivity index (χ0v) is 10.2. The number of nitrogens with one attached hydrogen (secondary N) is 1. The van der Waals surface area contributed by atoms with Gasteiger partial charge in [0, 0.05) is 19.6 Å². The molecule has 5 nitrogen and oxygen atoms in total. The predicted octanol–water partition coefficient (Wildman–Crippen LogP) is 0.250. The molecule has 1 heterocycles. The molecule has 1 unspecified atom stereocenters. The van der Waals surface area contributed by atoms with Crippen LogP contribution in [0.5, 0.6) is 0 Å². The molecule has 0 bridgehead atoms. The van der Waals surface area contributed by atoms with Gasteiger partial charge in [-0.1, -0.05) is 0 Å². The highest BCUT2D eigenvalue weighted by atomic mass is 19.3. The molecule has 1 N–H and O–H groups in total. The van der Waals surface area contributed by atoms with Gasteiger partial charge in [0.25, 0.3) is 5.91 Å². The third kappa shape index (κ3) is 3.34. The maximum absolute atomic E-state index is 13.0. The summed E-state index contributed by atoms with van der Waals surface area (Å²) in [7, 11) is 0. The molecule has 0 saturated carbocycles. The second-order valence-corrected chi connectivity index (χ2v) is 3.89. The maximum Gasteiger partial charge on any atom is 0.383 e. The quantitative estimate of drug-likeness (QED) is 0.594. The number of nitrogens with zero attached hydrogens (tertiary/aromatic N) is 1. The van der Waals surface area contributed by atoms with E-state index in [1.54, 1.807) is 0 Å². The van der Waals surface area contributed by atoms with E-state index in [4.69, 9.17) is 0 Å². The Balaban J connectivity index is 2.88. The summed E-state index contributed by atoms with van der Waals surface area (Å²) >= 11 is 0. The molecular formula is C10H14F4N2O3. The number of piperazine rings is 1. The maximum atomic E-state index is 13.0. The van der Waals surface area contributed by atoms with Crippen LogP contribution in [-0.2, 0) is 14.3 Å². The SMILES string of the molecule is CCOC(=O)C1CNCCN1C(=O)C(F)(F)C(F)F. The molecule has 0 aromatic carbocycles. The fraction of sp³-hybridized carbons (Fsp3) is 0.800. The number of carbonyl (C=O) groups is 2. The first-order valence-corrected chi connectivity index (χ1v) is 5.66. The molecule has 0 radical (unpaired) electrons. The van der Waals surface area contributed by atoms with Gasteiger partial charge in [0.15, 0.2) is 0 Å². The molecule has 1 saturated heterocycles. The van der Waals surface area contributed by atoms with Crippen molar-refractivity contribution < 1.29 is 31.9 Å². The van der Waals surface area contributed by atoms with Crippen molar-refractivity contribution >= 4 is 11.9 Å². The van der Waals surface area contributed by atoms with E-state index in [-0.39, 0.29) is 26.2 Å². The summed E-state index contributed by atoms with van der Waals surface area (Å²) in [6, 6.07) is -1.31. The van der Waals surface area contributed by atoms with E-state index in [2.05, 4.69) is 10.1 Å². The molecule has 0 spiro atoms. The average molecular weight is 286 g/mol. The topological polar surface area (TPSA) is 58.6 Å². The van der Waals surface area contributed by atoms with Crippen LogP contribution in [0, 0.1) is 0 Å². The Morgan fingerprint density at radius 2 is 2.11 bits per heavy atom. The van der Waals surface area contributed by atoms with E-state index in [0.717, 1.165) is 0 Å². The zero-order chi connectivity index (χ0) is 14.6. The second-order valence-electron chi connectivity index (χ2n) is 3.89. The minimum Gasteiger partial charge on any atom is -0.464 e. The van der Waals surface area contributed by atoms with Crippen molar-refractivity contribution in [2.75, 3.05) is 26.2 Å². The third-order valence-corrected chi connectivity index (χ3v) is 2.62.